The molecule has 0 aliphatic heterocycles. The fraction of sp³-hybridized carbons (Fsp3) is 0.429. The van der Waals surface area contributed by atoms with Crippen LogP contribution in [0, 0.1) is 0 Å². The molecular formula is C21H29N3O3. The molecule has 0 bridgehead atoms. The first-order valence-corrected chi connectivity index (χ1v) is 9.38. The van der Waals surface area contributed by atoms with E-state index in [-0.39, 0.29) is 11.7 Å². The molecule has 1 aromatic carbocycles. The average molecular weight is 371 g/mol. The predicted molar refractivity (Wildman–Crippen MR) is 107 cm³/mol. The quantitative estimate of drug-likeness (QED) is 0.588. The van der Waals surface area contributed by atoms with Crippen LogP contribution in [-0.4, -0.2) is 24.6 Å². The molecule has 1 amide bonds. The Balaban J connectivity index is 1.87. The summed E-state index contributed by atoms with van der Waals surface area (Å²) in [6.07, 6.45) is 4.69. The van der Waals surface area contributed by atoms with Gasteiger partial charge < -0.3 is 20.5 Å². The van der Waals surface area contributed by atoms with E-state index in [2.05, 4.69) is 17.2 Å². The summed E-state index contributed by atoms with van der Waals surface area (Å²) in [7, 11) is 1.58. The number of nitrogens with one attached hydrogen (secondary N) is 1. The van der Waals surface area contributed by atoms with Crippen LogP contribution in [0.1, 0.15) is 54.2 Å². The Morgan fingerprint density at radius 3 is 2.78 bits per heavy atom. The number of benzene rings is 1. The van der Waals surface area contributed by atoms with Gasteiger partial charge in [-0.2, -0.15) is 0 Å². The number of ether oxygens (including phenoxy) is 2. The van der Waals surface area contributed by atoms with Crippen LogP contribution in [0.4, 0.5) is 5.82 Å². The highest BCUT2D eigenvalue weighted by atomic mass is 16.5. The summed E-state index contributed by atoms with van der Waals surface area (Å²) >= 11 is 0. The molecule has 6 nitrogen and oxygen atoms in total. The number of hydrogen-bond donors (Lipinski definition) is 2. The second-order valence-electron chi connectivity index (χ2n) is 6.41. The van der Waals surface area contributed by atoms with Gasteiger partial charge >= 0.3 is 0 Å². The van der Waals surface area contributed by atoms with Gasteiger partial charge in [0.2, 0.25) is 0 Å². The zero-order valence-electron chi connectivity index (χ0n) is 16.2. The Hall–Kier alpha value is -2.60. The molecule has 2 aromatic rings. The number of carbonyl (C=O) groups excluding carboxylic acids is 1. The highest BCUT2D eigenvalue weighted by Gasteiger charge is 2.11. The molecule has 0 spiro atoms. The van der Waals surface area contributed by atoms with Gasteiger partial charge in [0.05, 0.1) is 24.5 Å². The van der Waals surface area contributed by atoms with Crippen molar-refractivity contribution >= 4 is 11.7 Å². The summed E-state index contributed by atoms with van der Waals surface area (Å²) in [6, 6.07) is 11.2. The number of hydrogen-bond acceptors (Lipinski definition) is 5. The number of anilines is 1. The predicted octanol–water partition coefficient (Wildman–Crippen LogP) is 3.70. The first-order chi connectivity index (χ1) is 13.1. The molecule has 0 saturated heterocycles. The number of unbranched alkanes of at least 4 members (excludes halogenated alkanes) is 3. The highest BCUT2D eigenvalue weighted by Crippen LogP contribution is 2.15. The first kappa shape index (κ1) is 20.7. The number of nitrogen functional groups attached to an aromatic ring is 1. The number of pyridine rings is 1. The lowest BCUT2D eigenvalue weighted by molar-refractivity contribution is 0.0951. The third-order valence-corrected chi connectivity index (χ3v) is 4.14. The van der Waals surface area contributed by atoms with Crippen molar-refractivity contribution in [2.45, 2.75) is 45.8 Å². The number of nitrogens with zero attached hydrogens (tertiary/aromatic N) is 1. The third kappa shape index (κ3) is 6.90. The van der Waals surface area contributed by atoms with Crippen molar-refractivity contribution in [1.82, 2.24) is 10.3 Å². The van der Waals surface area contributed by atoms with Gasteiger partial charge in [-0.3, -0.25) is 4.79 Å². The van der Waals surface area contributed by atoms with E-state index in [9.17, 15) is 4.79 Å². The third-order valence-electron chi connectivity index (χ3n) is 4.14. The highest BCUT2D eigenvalue weighted by molar-refractivity contribution is 5.98. The van der Waals surface area contributed by atoms with Crippen molar-refractivity contribution in [2.24, 2.45) is 0 Å². The van der Waals surface area contributed by atoms with Crippen LogP contribution in [-0.2, 0) is 17.9 Å². The van der Waals surface area contributed by atoms with E-state index in [4.69, 9.17) is 15.2 Å². The van der Waals surface area contributed by atoms with E-state index < -0.39 is 0 Å². The normalized spacial score (nSPS) is 10.6. The summed E-state index contributed by atoms with van der Waals surface area (Å²) in [5.74, 6) is 0.768. The lowest BCUT2D eigenvalue weighted by atomic mass is 10.2. The lowest BCUT2D eigenvalue weighted by Gasteiger charge is -2.10. The van der Waals surface area contributed by atoms with Crippen molar-refractivity contribution < 1.29 is 14.3 Å². The Kier molecular flexibility index (Phi) is 8.58. The van der Waals surface area contributed by atoms with Crippen molar-refractivity contribution in [2.75, 3.05) is 19.5 Å². The molecule has 146 valence electrons. The van der Waals surface area contributed by atoms with E-state index in [1.165, 1.54) is 19.3 Å². The van der Waals surface area contributed by atoms with E-state index in [0.29, 0.717) is 31.0 Å². The lowest BCUT2D eigenvalue weighted by Crippen LogP contribution is -2.24. The smallest absolute Gasteiger partial charge is 0.255 e. The second-order valence-corrected chi connectivity index (χ2v) is 6.41. The summed E-state index contributed by atoms with van der Waals surface area (Å²) in [6.45, 7) is 3.66. The summed E-state index contributed by atoms with van der Waals surface area (Å²) in [4.78, 5) is 16.6. The molecule has 0 atom stereocenters. The molecule has 2 rings (SSSR count). The maximum Gasteiger partial charge on any atom is 0.255 e. The van der Waals surface area contributed by atoms with Gasteiger partial charge in [-0.25, -0.2) is 4.98 Å². The van der Waals surface area contributed by atoms with Crippen molar-refractivity contribution in [3.63, 3.8) is 0 Å². The Labute approximate surface area is 161 Å². The molecule has 0 aliphatic rings. The molecular weight excluding hydrogens is 342 g/mol. The number of nitrogens with two attached hydrogens (primary N) is 1. The Morgan fingerprint density at radius 1 is 1.19 bits per heavy atom. The van der Waals surface area contributed by atoms with Gasteiger partial charge in [0.15, 0.2) is 0 Å². The Bertz CT molecular complexity index is 734. The van der Waals surface area contributed by atoms with Crippen molar-refractivity contribution in [3.05, 3.63) is 53.2 Å². The summed E-state index contributed by atoms with van der Waals surface area (Å²) in [5, 5.41) is 2.87. The van der Waals surface area contributed by atoms with Gasteiger partial charge in [0, 0.05) is 13.7 Å². The van der Waals surface area contributed by atoms with Gasteiger partial charge in [-0.15, -0.1) is 0 Å². The van der Waals surface area contributed by atoms with Crippen LogP contribution in [0.2, 0.25) is 0 Å². The molecule has 0 radical (unpaired) electrons. The van der Waals surface area contributed by atoms with Gasteiger partial charge in [0.1, 0.15) is 11.6 Å². The zero-order valence-corrected chi connectivity index (χ0v) is 16.2. The number of rotatable bonds is 11. The molecule has 0 saturated carbocycles. The van der Waals surface area contributed by atoms with Gasteiger partial charge in [-0.1, -0.05) is 38.3 Å². The van der Waals surface area contributed by atoms with Crippen LogP contribution in [0.15, 0.2) is 36.4 Å². The monoisotopic (exact) mass is 371 g/mol. The maximum absolute atomic E-state index is 12.4. The van der Waals surface area contributed by atoms with Crippen LogP contribution >= 0.6 is 0 Å². The molecule has 1 aromatic heterocycles. The number of carbonyl (C=O) groups is 1. The van der Waals surface area contributed by atoms with Crippen molar-refractivity contribution in [3.8, 4) is 5.75 Å². The van der Waals surface area contributed by atoms with Crippen LogP contribution in [0.3, 0.4) is 0 Å². The molecule has 3 N–H and O–H groups in total. The van der Waals surface area contributed by atoms with E-state index >= 15 is 0 Å². The number of amides is 1. The largest absolute Gasteiger partial charge is 0.494 e. The van der Waals surface area contributed by atoms with E-state index in [1.54, 1.807) is 19.2 Å². The molecule has 27 heavy (non-hydrogen) atoms. The zero-order chi connectivity index (χ0) is 19.5. The second kappa shape index (κ2) is 11.2. The van der Waals surface area contributed by atoms with Crippen LogP contribution < -0.4 is 15.8 Å². The molecule has 0 unspecified atom stereocenters. The molecule has 0 aliphatic carbocycles. The van der Waals surface area contributed by atoms with Crippen molar-refractivity contribution in [1.29, 1.82) is 0 Å². The maximum atomic E-state index is 12.4. The minimum atomic E-state index is -0.255. The fourth-order valence-corrected chi connectivity index (χ4v) is 2.68. The SMILES string of the molecule is CCCCCCOc1cccc(CNC(=O)c2ccc(COC)nc2N)c1. The van der Waals surface area contributed by atoms with Crippen LogP contribution in [0.5, 0.6) is 5.75 Å². The minimum Gasteiger partial charge on any atom is -0.494 e. The van der Waals surface area contributed by atoms with Gasteiger partial charge in [0.25, 0.3) is 5.91 Å². The average Bonchev–Trinajstić information content (AvgIpc) is 2.67. The molecule has 0 fully saturated rings. The van der Waals surface area contributed by atoms with E-state index in [0.717, 1.165) is 17.7 Å². The minimum absolute atomic E-state index is 0.200. The topological polar surface area (TPSA) is 86.5 Å². The fourth-order valence-electron chi connectivity index (χ4n) is 2.68. The van der Waals surface area contributed by atoms with Gasteiger partial charge in [-0.05, 0) is 36.2 Å². The molecule has 1 heterocycles. The first-order valence-electron chi connectivity index (χ1n) is 9.38. The van der Waals surface area contributed by atoms with E-state index in [1.807, 2.05) is 24.3 Å². The number of methoxy groups -OCH3 is 1. The number of aromatic nitrogens is 1. The summed E-state index contributed by atoms with van der Waals surface area (Å²) in [5.41, 5.74) is 7.91. The van der Waals surface area contributed by atoms with Crippen LogP contribution in [0.25, 0.3) is 0 Å². The molecule has 6 heteroatoms. The Morgan fingerprint density at radius 2 is 2.04 bits per heavy atom. The summed E-state index contributed by atoms with van der Waals surface area (Å²) < 4.78 is 10.8. The standard InChI is InChI=1S/C21H29N3O3/c1-3-4-5-6-12-27-18-9-7-8-16(13-18)14-23-21(25)19-11-10-17(15-26-2)24-20(19)22/h7-11,13H,3-6,12,14-15H2,1-2H3,(H2,22,24)(H,23,25).